The molecule has 0 unspecified atom stereocenters. The third-order valence-electron chi connectivity index (χ3n) is 3.93. The van der Waals surface area contributed by atoms with Gasteiger partial charge in [0.2, 0.25) is 0 Å². The summed E-state index contributed by atoms with van der Waals surface area (Å²) in [5, 5.41) is 40.8. The minimum absolute atomic E-state index is 0.127. The molecule has 1 amide bonds. The Labute approximate surface area is 151 Å². The van der Waals surface area contributed by atoms with E-state index in [0.29, 0.717) is 6.42 Å². The molecule has 9 heteroatoms. The van der Waals surface area contributed by atoms with E-state index in [1.807, 2.05) is 30.3 Å². The molecule has 1 aliphatic heterocycles. The molecule has 26 heavy (non-hydrogen) atoms. The number of alkyl carbamates (subject to hydrolysis) is 1. The van der Waals surface area contributed by atoms with E-state index in [0.717, 1.165) is 5.56 Å². The lowest BCUT2D eigenvalue weighted by Crippen LogP contribution is -2.59. The zero-order valence-electron chi connectivity index (χ0n) is 14.2. The van der Waals surface area contributed by atoms with Crippen LogP contribution >= 0.6 is 0 Å². The van der Waals surface area contributed by atoms with Gasteiger partial charge in [-0.1, -0.05) is 30.3 Å². The Balaban J connectivity index is 1.60. The van der Waals surface area contributed by atoms with Gasteiger partial charge in [0.25, 0.3) is 0 Å². The molecule has 0 aliphatic carbocycles. The van der Waals surface area contributed by atoms with Crippen molar-refractivity contribution in [3.63, 3.8) is 0 Å². The first kappa shape index (κ1) is 20.6. The minimum atomic E-state index is -1.48. The van der Waals surface area contributed by atoms with Crippen molar-refractivity contribution >= 4 is 6.09 Å². The fourth-order valence-electron chi connectivity index (χ4n) is 2.44. The predicted octanol–water partition coefficient (Wildman–Crippen LogP) is -0.881. The maximum absolute atomic E-state index is 11.6. The lowest BCUT2D eigenvalue weighted by atomic mass is 9.99. The molecule has 1 fully saturated rings. The number of aliphatic hydroxyl groups excluding tert-OH is 4. The van der Waals surface area contributed by atoms with Crippen LogP contribution in [-0.2, 0) is 20.8 Å². The summed E-state index contributed by atoms with van der Waals surface area (Å²) in [6.45, 7) is 0.0698. The average molecular weight is 371 g/mol. The number of carbonyl (C=O) groups is 1. The van der Waals surface area contributed by atoms with Crippen LogP contribution in [0, 0.1) is 0 Å². The van der Waals surface area contributed by atoms with Gasteiger partial charge in [0.1, 0.15) is 31.0 Å². The fraction of sp³-hybridized carbons (Fsp3) is 0.588. The van der Waals surface area contributed by atoms with Gasteiger partial charge in [-0.3, -0.25) is 0 Å². The topological polar surface area (TPSA) is 138 Å². The molecule has 0 saturated carbocycles. The van der Waals surface area contributed by atoms with Gasteiger partial charge < -0.3 is 40.0 Å². The van der Waals surface area contributed by atoms with E-state index in [1.165, 1.54) is 0 Å². The van der Waals surface area contributed by atoms with Crippen molar-refractivity contribution in [2.24, 2.45) is 0 Å². The van der Waals surface area contributed by atoms with Crippen LogP contribution in [0.2, 0.25) is 0 Å². The van der Waals surface area contributed by atoms with Gasteiger partial charge in [0.15, 0.2) is 6.29 Å². The number of carbonyl (C=O) groups excluding carboxylic acids is 1. The van der Waals surface area contributed by atoms with Gasteiger partial charge in [0.05, 0.1) is 13.2 Å². The molecule has 1 aromatic rings. The SMILES string of the molecule is O=C(NCCCO[C@@H]1O[C@H](CO)[C@@H](O)[C@H](O)[C@H]1O)OCc1ccccc1. The standard InChI is InChI=1S/C17H25NO8/c19-9-12-13(20)14(21)15(22)16(26-12)24-8-4-7-18-17(23)25-10-11-5-2-1-3-6-11/h1-3,5-6,12-16,19-22H,4,7-10H2,(H,18,23)/t12-,13-,14+,15-,16-/m1/s1. The molecule has 0 radical (unpaired) electrons. The van der Waals surface area contributed by atoms with Crippen LogP contribution in [0.5, 0.6) is 0 Å². The van der Waals surface area contributed by atoms with Crippen LogP contribution < -0.4 is 5.32 Å². The predicted molar refractivity (Wildman–Crippen MR) is 89.0 cm³/mol. The first-order valence-corrected chi connectivity index (χ1v) is 8.39. The number of aliphatic hydroxyl groups is 4. The Morgan fingerprint density at radius 1 is 1.12 bits per heavy atom. The van der Waals surface area contributed by atoms with Gasteiger partial charge in [-0.15, -0.1) is 0 Å². The summed E-state index contributed by atoms with van der Waals surface area (Å²) in [6.07, 6.45) is -6.65. The molecule has 0 spiro atoms. The summed E-state index contributed by atoms with van der Waals surface area (Å²) >= 11 is 0. The van der Waals surface area contributed by atoms with E-state index in [4.69, 9.17) is 19.3 Å². The first-order valence-electron chi connectivity index (χ1n) is 8.39. The maximum atomic E-state index is 11.6. The van der Waals surface area contributed by atoms with E-state index in [1.54, 1.807) is 0 Å². The summed E-state index contributed by atoms with van der Waals surface area (Å²) in [4.78, 5) is 11.6. The molecular weight excluding hydrogens is 346 g/mol. The van der Waals surface area contributed by atoms with Crippen molar-refractivity contribution in [1.82, 2.24) is 5.32 Å². The number of hydrogen-bond donors (Lipinski definition) is 5. The highest BCUT2D eigenvalue weighted by atomic mass is 16.7. The second-order valence-electron chi connectivity index (χ2n) is 5.91. The number of benzene rings is 1. The summed E-state index contributed by atoms with van der Waals surface area (Å²) in [5.41, 5.74) is 0.883. The highest BCUT2D eigenvalue weighted by molar-refractivity contribution is 5.67. The first-order chi connectivity index (χ1) is 12.5. The zero-order valence-corrected chi connectivity index (χ0v) is 14.2. The smallest absolute Gasteiger partial charge is 0.407 e. The Morgan fingerprint density at radius 3 is 2.54 bits per heavy atom. The van der Waals surface area contributed by atoms with Crippen molar-refractivity contribution in [1.29, 1.82) is 0 Å². The summed E-state index contributed by atoms with van der Waals surface area (Å²) in [7, 11) is 0. The van der Waals surface area contributed by atoms with E-state index in [-0.39, 0.29) is 19.8 Å². The Bertz CT molecular complexity index is 541. The van der Waals surface area contributed by atoms with Crippen LogP contribution in [0.15, 0.2) is 30.3 Å². The monoisotopic (exact) mass is 371 g/mol. The van der Waals surface area contributed by atoms with Crippen molar-refractivity contribution in [2.75, 3.05) is 19.8 Å². The Kier molecular flexibility index (Phi) is 8.23. The van der Waals surface area contributed by atoms with Gasteiger partial charge in [0, 0.05) is 6.54 Å². The number of amides is 1. The average Bonchev–Trinajstić information content (AvgIpc) is 2.66. The van der Waals surface area contributed by atoms with E-state index in [9.17, 15) is 20.1 Å². The van der Waals surface area contributed by atoms with Crippen molar-refractivity contribution in [2.45, 2.75) is 43.7 Å². The molecule has 1 aliphatic rings. The summed E-state index contributed by atoms with van der Waals surface area (Å²) < 4.78 is 15.6. The minimum Gasteiger partial charge on any atom is -0.445 e. The van der Waals surface area contributed by atoms with Gasteiger partial charge in [-0.2, -0.15) is 0 Å². The highest BCUT2D eigenvalue weighted by Gasteiger charge is 2.43. The number of nitrogens with one attached hydrogen (secondary N) is 1. The third kappa shape index (κ3) is 5.90. The molecule has 1 aromatic carbocycles. The Hall–Kier alpha value is -1.75. The lowest BCUT2D eigenvalue weighted by molar-refractivity contribution is -0.301. The molecule has 9 nitrogen and oxygen atoms in total. The third-order valence-corrected chi connectivity index (χ3v) is 3.93. The number of ether oxygens (including phenoxy) is 3. The summed E-state index contributed by atoms with van der Waals surface area (Å²) in [5.74, 6) is 0. The number of rotatable bonds is 8. The van der Waals surface area contributed by atoms with Crippen LogP contribution in [0.4, 0.5) is 4.79 Å². The maximum Gasteiger partial charge on any atom is 0.407 e. The lowest BCUT2D eigenvalue weighted by Gasteiger charge is -2.39. The highest BCUT2D eigenvalue weighted by Crippen LogP contribution is 2.21. The molecular formula is C17H25NO8. The van der Waals surface area contributed by atoms with Crippen molar-refractivity contribution in [3.8, 4) is 0 Å². The molecule has 1 saturated heterocycles. The molecule has 0 bridgehead atoms. The van der Waals surface area contributed by atoms with Crippen LogP contribution in [0.1, 0.15) is 12.0 Å². The molecule has 1 heterocycles. The van der Waals surface area contributed by atoms with Gasteiger partial charge >= 0.3 is 6.09 Å². The fourth-order valence-corrected chi connectivity index (χ4v) is 2.44. The van der Waals surface area contributed by atoms with E-state index in [2.05, 4.69) is 5.32 Å². The van der Waals surface area contributed by atoms with Crippen molar-refractivity contribution in [3.05, 3.63) is 35.9 Å². The second-order valence-corrected chi connectivity index (χ2v) is 5.91. The van der Waals surface area contributed by atoms with Gasteiger partial charge in [-0.05, 0) is 12.0 Å². The molecule has 0 aromatic heterocycles. The van der Waals surface area contributed by atoms with Crippen molar-refractivity contribution < 1.29 is 39.4 Å². The second kappa shape index (κ2) is 10.4. The molecule has 146 valence electrons. The van der Waals surface area contributed by atoms with E-state index >= 15 is 0 Å². The zero-order chi connectivity index (χ0) is 18.9. The van der Waals surface area contributed by atoms with E-state index < -0.39 is 43.4 Å². The van der Waals surface area contributed by atoms with Crippen LogP contribution in [-0.4, -0.2) is 77.0 Å². The Morgan fingerprint density at radius 2 is 1.85 bits per heavy atom. The van der Waals surface area contributed by atoms with Gasteiger partial charge in [-0.25, -0.2) is 4.79 Å². The normalized spacial score (nSPS) is 28.5. The molecule has 5 N–H and O–H groups in total. The quantitative estimate of drug-likeness (QED) is 0.372. The molecule has 5 atom stereocenters. The summed E-state index contributed by atoms with van der Waals surface area (Å²) in [6, 6.07) is 9.28. The largest absolute Gasteiger partial charge is 0.445 e. The molecule has 2 rings (SSSR count). The number of hydrogen-bond acceptors (Lipinski definition) is 8. The van der Waals surface area contributed by atoms with Crippen LogP contribution in [0.25, 0.3) is 0 Å². The van der Waals surface area contributed by atoms with Crippen LogP contribution in [0.3, 0.4) is 0 Å².